The summed E-state index contributed by atoms with van der Waals surface area (Å²) in [5, 5.41) is 10.7. The number of methoxy groups -OCH3 is 3. The van der Waals surface area contributed by atoms with Crippen LogP contribution >= 0.6 is 11.6 Å². The minimum atomic E-state index is -0.598. The van der Waals surface area contributed by atoms with E-state index < -0.39 is 5.91 Å². The average molecular weight is 390 g/mol. The summed E-state index contributed by atoms with van der Waals surface area (Å²) in [6.07, 6.45) is 0. The molecular weight excluding hydrogens is 374 g/mol. The van der Waals surface area contributed by atoms with Crippen LogP contribution in [-0.4, -0.2) is 37.4 Å². The first-order valence-corrected chi connectivity index (χ1v) is 8.14. The number of anilines is 1. The van der Waals surface area contributed by atoms with E-state index in [9.17, 15) is 4.79 Å². The fourth-order valence-electron chi connectivity index (χ4n) is 2.32. The molecule has 0 bridgehead atoms. The van der Waals surface area contributed by atoms with Crippen LogP contribution in [0.4, 0.5) is 5.69 Å². The molecule has 3 rings (SSSR count). The van der Waals surface area contributed by atoms with Crippen molar-refractivity contribution in [3.63, 3.8) is 0 Å². The SMILES string of the molecule is COc1cccc(-c2nnc(C(=O)Nc3cc(OC)c(Cl)cc3OC)o2)c1. The van der Waals surface area contributed by atoms with E-state index in [0.29, 0.717) is 33.5 Å². The number of amides is 1. The van der Waals surface area contributed by atoms with E-state index in [1.807, 2.05) is 0 Å². The van der Waals surface area contributed by atoms with Crippen molar-refractivity contribution in [2.45, 2.75) is 0 Å². The number of aromatic nitrogens is 2. The lowest BCUT2D eigenvalue weighted by atomic mass is 10.2. The van der Waals surface area contributed by atoms with E-state index in [2.05, 4.69) is 15.5 Å². The second-order valence-corrected chi connectivity index (χ2v) is 5.69. The molecule has 0 radical (unpaired) electrons. The van der Waals surface area contributed by atoms with Gasteiger partial charge in [0, 0.05) is 17.7 Å². The molecule has 27 heavy (non-hydrogen) atoms. The smallest absolute Gasteiger partial charge is 0.313 e. The Morgan fingerprint density at radius 1 is 1.04 bits per heavy atom. The third kappa shape index (κ3) is 3.95. The highest BCUT2D eigenvalue weighted by Gasteiger charge is 2.19. The maximum atomic E-state index is 12.5. The zero-order chi connectivity index (χ0) is 19.4. The summed E-state index contributed by atoms with van der Waals surface area (Å²) in [6, 6.07) is 10.1. The number of benzene rings is 2. The number of hydrogen-bond acceptors (Lipinski definition) is 7. The summed E-state index contributed by atoms with van der Waals surface area (Å²) >= 11 is 6.06. The van der Waals surface area contributed by atoms with Gasteiger partial charge in [0.2, 0.25) is 5.89 Å². The fraction of sp³-hybridized carbons (Fsp3) is 0.167. The lowest BCUT2D eigenvalue weighted by molar-refractivity contribution is 0.0990. The normalized spacial score (nSPS) is 10.4. The van der Waals surface area contributed by atoms with E-state index in [1.54, 1.807) is 37.4 Å². The second-order valence-electron chi connectivity index (χ2n) is 5.29. The minimum absolute atomic E-state index is 0.194. The summed E-state index contributed by atoms with van der Waals surface area (Å²) in [5.74, 6) is 0.773. The highest BCUT2D eigenvalue weighted by atomic mass is 35.5. The first-order valence-electron chi connectivity index (χ1n) is 7.76. The van der Waals surface area contributed by atoms with Gasteiger partial charge in [0.15, 0.2) is 0 Å². The molecule has 1 heterocycles. The summed E-state index contributed by atoms with van der Waals surface area (Å²) in [4.78, 5) is 12.5. The molecule has 0 spiro atoms. The molecule has 8 nitrogen and oxygen atoms in total. The van der Waals surface area contributed by atoms with Crippen molar-refractivity contribution in [3.05, 3.63) is 47.3 Å². The van der Waals surface area contributed by atoms with Crippen LogP contribution < -0.4 is 19.5 Å². The lowest BCUT2D eigenvalue weighted by Crippen LogP contribution is -2.13. The predicted molar refractivity (Wildman–Crippen MR) is 98.8 cm³/mol. The maximum Gasteiger partial charge on any atom is 0.313 e. The number of nitrogens with one attached hydrogen (secondary N) is 1. The number of halogens is 1. The number of carbonyl (C=O) groups is 1. The van der Waals surface area contributed by atoms with Crippen LogP contribution in [0, 0.1) is 0 Å². The van der Waals surface area contributed by atoms with Crippen LogP contribution in [0.15, 0.2) is 40.8 Å². The van der Waals surface area contributed by atoms with Gasteiger partial charge in [-0.2, -0.15) is 0 Å². The summed E-state index contributed by atoms with van der Waals surface area (Å²) < 4.78 is 21.0. The molecule has 0 saturated carbocycles. The van der Waals surface area contributed by atoms with Gasteiger partial charge in [-0.05, 0) is 18.2 Å². The molecule has 9 heteroatoms. The van der Waals surface area contributed by atoms with E-state index in [4.69, 9.17) is 30.2 Å². The Labute approximate surface area is 160 Å². The van der Waals surface area contributed by atoms with E-state index in [0.717, 1.165) is 0 Å². The van der Waals surface area contributed by atoms with Crippen LogP contribution in [0.2, 0.25) is 5.02 Å². The van der Waals surface area contributed by atoms with Gasteiger partial charge in [0.05, 0.1) is 32.0 Å². The van der Waals surface area contributed by atoms with Crippen molar-refractivity contribution >= 4 is 23.2 Å². The van der Waals surface area contributed by atoms with Gasteiger partial charge in [0.25, 0.3) is 0 Å². The molecule has 0 saturated heterocycles. The Morgan fingerprint density at radius 3 is 2.52 bits per heavy atom. The monoisotopic (exact) mass is 389 g/mol. The van der Waals surface area contributed by atoms with Crippen LogP contribution in [0.1, 0.15) is 10.7 Å². The van der Waals surface area contributed by atoms with E-state index >= 15 is 0 Å². The van der Waals surface area contributed by atoms with Crippen LogP contribution in [-0.2, 0) is 0 Å². The molecule has 3 aromatic rings. The average Bonchev–Trinajstić information content (AvgIpc) is 3.19. The summed E-state index contributed by atoms with van der Waals surface area (Å²) in [6.45, 7) is 0. The molecule has 2 aromatic carbocycles. The van der Waals surface area contributed by atoms with Crippen LogP contribution in [0.5, 0.6) is 17.2 Å². The standard InChI is InChI=1S/C18H16ClN3O5/c1-24-11-6-4-5-10(7-11)17-21-22-18(27-17)16(23)20-13-9-14(25-2)12(19)8-15(13)26-3/h4-9H,1-3H3,(H,20,23). The van der Waals surface area contributed by atoms with E-state index in [1.165, 1.54) is 20.3 Å². The molecule has 1 N–H and O–H groups in total. The van der Waals surface area contributed by atoms with Gasteiger partial charge in [-0.3, -0.25) is 4.79 Å². The first kappa shape index (κ1) is 18.5. The Bertz CT molecular complexity index is 973. The van der Waals surface area contributed by atoms with Crippen molar-refractivity contribution in [2.24, 2.45) is 0 Å². The van der Waals surface area contributed by atoms with Crippen molar-refractivity contribution in [1.82, 2.24) is 10.2 Å². The molecule has 0 atom stereocenters. The highest BCUT2D eigenvalue weighted by molar-refractivity contribution is 6.32. The maximum absolute atomic E-state index is 12.5. The number of rotatable bonds is 6. The van der Waals surface area contributed by atoms with Gasteiger partial charge in [-0.15, -0.1) is 10.2 Å². The number of ether oxygens (including phenoxy) is 3. The Morgan fingerprint density at radius 2 is 1.81 bits per heavy atom. The predicted octanol–water partition coefficient (Wildman–Crippen LogP) is 3.67. The van der Waals surface area contributed by atoms with Gasteiger partial charge in [-0.1, -0.05) is 17.7 Å². The zero-order valence-corrected chi connectivity index (χ0v) is 15.5. The topological polar surface area (TPSA) is 95.7 Å². The van der Waals surface area contributed by atoms with E-state index in [-0.39, 0.29) is 11.8 Å². The molecule has 140 valence electrons. The van der Waals surface area contributed by atoms with Crippen molar-refractivity contribution in [1.29, 1.82) is 0 Å². The second kappa shape index (κ2) is 7.96. The van der Waals surface area contributed by atoms with Crippen LogP contribution in [0.25, 0.3) is 11.5 Å². The highest BCUT2D eigenvalue weighted by Crippen LogP contribution is 2.36. The molecular formula is C18H16ClN3O5. The molecule has 0 fully saturated rings. The molecule has 0 aliphatic carbocycles. The van der Waals surface area contributed by atoms with Gasteiger partial charge >= 0.3 is 11.8 Å². The lowest BCUT2D eigenvalue weighted by Gasteiger charge is -2.12. The summed E-state index contributed by atoms with van der Waals surface area (Å²) in [7, 11) is 4.48. The third-order valence-corrected chi connectivity index (χ3v) is 3.95. The van der Waals surface area contributed by atoms with Gasteiger partial charge in [-0.25, -0.2) is 0 Å². The minimum Gasteiger partial charge on any atom is -0.497 e. The largest absolute Gasteiger partial charge is 0.497 e. The Balaban J connectivity index is 1.84. The van der Waals surface area contributed by atoms with Gasteiger partial charge in [0.1, 0.15) is 17.2 Å². The molecule has 0 aliphatic heterocycles. The van der Waals surface area contributed by atoms with Crippen molar-refractivity contribution in [2.75, 3.05) is 26.6 Å². The molecule has 0 aliphatic rings. The molecule has 1 aromatic heterocycles. The molecule has 1 amide bonds. The van der Waals surface area contributed by atoms with Crippen LogP contribution in [0.3, 0.4) is 0 Å². The Kier molecular flexibility index (Phi) is 5.46. The number of carbonyl (C=O) groups excluding carboxylic acids is 1. The zero-order valence-electron chi connectivity index (χ0n) is 14.8. The van der Waals surface area contributed by atoms with Gasteiger partial charge < -0.3 is 23.9 Å². The molecule has 0 unspecified atom stereocenters. The third-order valence-electron chi connectivity index (χ3n) is 3.66. The Hall–Kier alpha value is -3.26. The quantitative estimate of drug-likeness (QED) is 0.687. The number of nitrogens with zero attached hydrogens (tertiary/aromatic N) is 2. The summed E-state index contributed by atoms with van der Waals surface area (Å²) in [5.41, 5.74) is 0.983. The fourth-order valence-corrected chi connectivity index (χ4v) is 2.55. The van der Waals surface area contributed by atoms with Crippen molar-refractivity contribution in [3.8, 4) is 28.7 Å². The first-order chi connectivity index (χ1) is 13.0. The number of hydrogen-bond donors (Lipinski definition) is 1. The van der Waals surface area contributed by atoms with Crippen molar-refractivity contribution < 1.29 is 23.4 Å².